The van der Waals surface area contributed by atoms with E-state index in [1.54, 1.807) is 19.2 Å². The van der Waals surface area contributed by atoms with Gasteiger partial charge in [-0.2, -0.15) is 0 Å². The predicted octanol–water partition coefficient (Wildman–Crippen LogP) is 2.42. The van der Waals surface area contributed by atoms with Gasteiger partial charge in [0.1, 0.15) is 11.5 Å². The summed E-state index contributed by atoms with van der Waals surface area (Å²) in [6.45, 7) is 2.81. The highest BCUT2D eigenvalue weighted by molar-refractivity contribution is 5.97. The average molecular weight is 249 g/mol. The minimum Gasteiger partial charge on any atom is -0.507 e. The summed E-state index contributed by atoms with van der Waals surface area (Å²) in [6.07, 6.45) is 3.21. The van der Waals surface area contributed by atoms with Crippen LogP contribution in [0, 0.1) is 0 Å². The summed E-state index contributed by atoms with van der Waals surface area (Å²) in [4.78, 5) is 14.2. The Bertz CT molecular complexity index is 445. The van der Waals surface area contributed by atoms with Gasteiger partial charge in [0.2, 0.25) is 0 Å². The number of phenolic OH excluding ortho intramolecular Hbond substituents is 1. The van der Waals surface area contributed by atoms with Crippen molar-refractivity contribution < 1.29 is 14.6 Å². The number of amides is 1. The molecule has 18 heavy (non-hydrogen) atoms. The van der Waals surface area contributed by atoms with Crippen LogP contribution in [0.1, 0.15) is 36.5 Å². The first-order valence-corrected chi connectivity index (χ1v) is 6.31. The van der Waals surface area contributed by atoms with Crippen LogP contribution in [0.3, 0.4) is 0 Å². The first kappa shape index (κ1) is 12.7. The van der Waals surface area contributed by atoms with Crippen LogP contribution < -0.4 is 4.74 Å². The van der Waals surface area contributed by atoms with Gasteiger partial charge in [0.05, 0.1) is 12.7 Å². The maximum absolute atomic E-state index is 12.4. The molecule has 1 atom stereocenters. The fourth-order valence-corrected chi connectivity index (χ4v) is 2.37. The molecule has 2 rings (SSSR count). The summed E-state index contributed by atoms with van der Waals surface area (Å²) >= 11 is 0. The Balaban J connectivity index is 2.27. The number of ether oxygens (including phenoxy) is 1. The van der Waals surface area contributed by atoms with E-state index in [4.69, 9.17) is 4.74 Å². The fraction of sp³-hybridized carbons (Fsp3) is 0.500. The smallest absolute Gasteiger partial charge is 0.257 e. The monoisotopic (exact) mass is 249 g/mol. The maximum Gasteiger partial charge on any atom is 0.257 e. The molecule has 1 saturated heterocycles. The van der Waals surface area contributed by atoms with Crippen LogP contribution in [-0.4, -0.2) is 35.6 Å². The summed E-state index contributed by atoms with van der Waals surface area (Å²) in [5, 5.41) is 9.81. The summed E-state index contributed by atoms with van der Waals surface area (Å²) in [7, 11) is 1.55. The number of benzene rings is 1. The lowest BCUT2D eigenvalue weighted by molar-refractivity contribution is 0.0632. The molecule has 0 aromatic heterocycles. The predicted molar refractivity (Wildman–Crippen MR) is 69.0 cm³/mol. The number of carbonyl (C=O) groups is 1. The number of nitrogens with zero attached hydrogens (tertiary/aromatic N) is 1. The van der Waals surface area contributed by atoms with Crippen molar-refractivity contribution >= 4 is 5.91 Å². The Hall–Kier alpha value is -1.71. The zero-order valence-corrected chi connectivity index (χ0v) is 10.8. The first-order chi connectivity index (χ1) is 8.63. The molecule has 0 saturated carbocycles. The number of methoxy groups -OCH3 is 1. The third-order valence-corrected chi connectivity index (χ3v) is 3.50. The third-order valence-electron chi connectivity index (χ3n) is 3.50. The van der Waals surface area contributed by atoms with E-state index in [9.17, 15) is 9.90 Å². The lowest BCUT2D eigenvalue weighted by Gasteiger charge is -2.33. The fourth-order valence-electron chi connectivity index (χ4n) is 2.37. The highest BCUT2D eigenvalue weighted by atomic mass is 16.5. The molecule has 1 fully saturated rings. The van der Waals surface area contributed by atoms with Gasteiger partial charge in [0.15, 0.2) is 0 Å². The lowest BCUT2D eigenvalue weighted by Crippen LogP contribution is -2.42. The molecule has 1 aromatic rings. The molecule has 98 valence electrons. The van der Waals surface area contributed by atoms with Gasteiger partial charge in [0.25, 0.3) is 5.91 Å². The van der Waals surface area contributed by atoms with E-state index >= 15 is 0 Å². The molecule has 1 unspecified atom stereocenters. The number of piperidine rings is 1. The summed E-state index contributed by atoms with van der Waals surface area (Å²) in [5.41, 5.74) is 0.322. The molecule has 0 radical (unpaired) electrons. The van der Waals surface area contributed by atoms with Gasteiger partial charge in [-0.3, -0.25) is 4.79 Å². The first-order valence-electron chi connectivity index (χ1n) is 6.31. The summed E-state index contributed by atoms with van der Waals surface area (Å²) in [5.74, 6) is 0.484. The normalized spacial score (nSPS) is 19.7. The van der Waals surface area contributed by atoms with Crippen molar-refractivity contribution in [2.45, 2.75) is 32.2 Å². The minimum atomic E-state index is -0.112. The van der Waals surface area contributed by atoms with Crippen LogP contribution in [0.5, 0.6) is 11.5 Å². The van der Waals surface area contributed by atoms with Gasteiger partial charge >= 0.3 is 0 Å². The standard InChI is InChI=1S/C14H19NO3/c1-10-5-3-4-8-15(10)14(17)12-9-11(18-2)6-7-13(12)16/h6-7,9-10,16H,3-5,8H2,1-2H3. The van der Waals surface area contributed by atoms with Crippen molar-refractivity contribution in [3.63, 3.8) is 0 Å². The highest BCUT2D eigenvalue weighted by Crippen LogP contribution is 2.27. The Labute approximate surface area is 107 Å². The molecule has 1 aromatic carbocycles. The van der Waals surface area contributed by atoms with E-state index in [0.29, 0.717) is 11.3 Å². The van der Waals surface area contributed by atoms with Gasteiger partial charge < -0.3 is 14.7 Å². The number of phenols is 1. The van der Waals surface area contributed by atoms with Gasteiger partial charge in [-0.15, -0.1) is 0 Å². The average Bonchev–Trinajstić information content (AvgIpc) is 2.39. The van der Waals surface area contributed by atoms with Crippen LogP contribution in [-0.2, 0) is 0 Å². The molecule has 1 aliphatic heterocycles. The molecule has 4 heteroatoms. The van der Waals surface area contributed by atoms with Crippen LogP contribution in [0.15, 0.2) is 18.2 Å². The number of carbonyl (C=O) groups excluding carboxylic acids is 1. The van der Waals surface area contributed by atoms with Crippen LogP contribution in [0.2, 0.25) is 0 Å². The summed E-state index contributed by atoms with van der Waals surface area (Å²) < 4.78 is 5.09. The van der Waals surface area contributed by atoms with E-state index < -0.39 is 0 Å². The van der Waals surface area contributed by atoms with Crippen molar-refractivity contribution in [3.8, 4) is 11.5 Å². The molecule has 0 spiro atoms. The molecule has 1 aliphatic rings. The zero-order chi connectivity index (χ0) is 13.1. The van der Waals surface area contributed by atoms with Crippen molar-refractivity contribution in [2.75, 3.05) is 13.7 Å². The quantitative estimate of drug-likeness (QED) is 0.875. The Morgan fingerprint density at radius 2 is 2.22 bits per heavy atom. The number of hydrogen-bond acceptors (Lipinski definition) is 3. The topological polar surface area (TPSA) is 49.8 Å². The van der Waals surface area contributed by atoms with Gasteiger partial charge in [-0.25, -0.2) is 0 Å². The number of likely N-dealkylation sites (tertiary alicyclic amines) is 1. The van der Waals surface area contributed by atoms with Crippen LogP contribution in [0.25, 0.3) is 0 Å². The molecule has 1 N–H and O–H groups in total. The molecule has 0 aliphatic carbocycles. The van der Waals surface area contributed by atoms with Crippen molar-refractivity contribution in [2.24, 2.45) is 0 Å². The Kier molecular flexibility index (Phi) is 3.75. The highest BCUT2D eigenvalue weighted by Gasteiger charge is 2.26. The Morgan fingerprint density at radius 1 is 1.44 bits per heavy atom. The second-order valence-corrected chi connectivity index (χ2v) is 4.73. The van der Waals surface area contributed by atoms with Gasteiger partial charge in [0, 0.05) is 12.6 Å². The molecular weight excluding hydrogens is 230 g/mol. The van der Waals surface area contributed by atoms with Crippen molar-refractivity contribution in [1.82, 2.24) is 4.90 Å². The zero-order valence-electron chi connectivity index (χ0n) is 10.8. The lowest BCUT2D eigenvalue weighted by atomic mass is 10.0. The van der Waals surface area contributed by atoms with Gasteiger partial charge in [-0.1, -0.05) is 0 Å². The summed E-state index contributed by atoms with van der Waals surface area (Å²) in [6, 6.07) is 4.97. The third kappa shape index (κ3) is 2.42. The number of rotatable bonds is 2. The van der Waals surface area contributed by atoms with Crippen LogP contribution >= 0.6 is 0 Å². The number of hydrogen-bond donors (Lipinski definition) is 1. The van der Waals surface area contributed by atoms with Crippen molar-refractivity contribution in [3.05, 3.63) is 23.8 Å². The van der Waals surface area contributed by atoms with Crippen molar-refractivity contribution in [1.29, 1.82) is 0 Å². The maximum atomic E-state index is 12.4. The van der Waals surface area contributed by atoms with E-state index in [-0.39, 0.29) is 17.7 Å². The van der Waals surface area contributed by atoms with E-state index in [2.05, 4.69) is 0 Å². The number of aromatic hydroxyl groups is 1. The molecular formula is C14H19NO3. The molecule has 1 amide bonds. The SMILES string of the molecule is COc1ccc(O)c(C(=O)N2CCCCC2C)c1. The van der Waals surface area contributed by atoms with Gasteiger partial charge in [-0.05, 0) is 44.4 Å². The van der Waals surface area contributed by atoms with E-state index in [1.165, 1.54) is 6.07 Å². The van der Waals surface area contributed by atoms with Crippen LogP contribution in [0.4, 0.5) is 0 Å². The van der Waals surface area contributed by atoms with E-state index in [1.807, 2.05) is 11.8 Å². The molecule has 4 nitrogen and oxygen atoms in total. The minimum absolute atomic E-state index is 0.0126. The Morgan fingerprint density at radius 3 is 2.89 bits per heavy atom. The largest absolute Gasteiger partial charge is 0.507 e. The molecule has 1 heterocycles. The second-order valence-electron chi connectivity index (χ2n) is 4.73. The molecule has 0 bridgehead atoms. The second kappa shape index (κ2) is 5.29. The van der Waals surface area contributed by atoms with E-state index in [0.717, 1.165) is 25.8 Å².